The summed E-state index contributed by atoms with van der Waals surface area (Å²) in [6.45, 7) is 5.54. The highest BCUT2D eigenvalue weighted by atomic mass is 16.5. The lowest BCUT2D eigenvalue weighted by Gasteiger charge is -2.18. The van der Waals surface area contributed by atoms with Gasteiger partial charge in [-0.05, 0) is 24.3 Å². The van der Waals surface area contributed by atoms with Gasteiger partial charge in [-0.25, -0.2) is 0 Å². The summed E-state index contributed by atoms with van der Waals surface area (Å²) in [5, 5.41) is 7.01. The van der Waals surface area contributed by atoms with E-state index < -0.39 is 5.41 Å². The zero-order valence-electron chi connectivity index (χ0n) is 17.9. The molecule has 0 spiro atoms. The Morgan fingerprint density at radius 3 is 2.20 bits per heavy atom. The summed E-state index contributed by atoms with van der Waals surface area (Å²) in [5.41, 5.74) is 1.32. The van der Waals surface area contributed by atoms with Crippen molar-refractivity contribution in [2.24, 2.45) is 5.41 Å². The number of aromatic nitrogens is 2. The molecule has 158 valence electrons. The highest BCUT2D eigenvalue weighted by molar-refractivity contribution is 5.97. The van der Waals surface area contributed by atoms with Crippen LogP contribution in [0.15, 0.2) is 40.9 Å². The number of amides is 1. The van der Waals surface area contributed by atoms with E-state index in [2.05, 4.69) is 15.5 Å². The Kier molecular flexibility index (Phi) is 5.96. The topological polar surface area (TPSA) is 95.7 Å². The average molecular weight is 411 g/mol. The van der Waals surface area contributed by atoms with Crippen molar-refractivity contribution in [2.75, 3.05) is 26.6 Å². The molecule has 3 rings (SSSR count). The molecule has 0 unspecified atom stereocenters. The number of hydrogen-bond donors (Lipinski definition) is 1. The van der Waals surface area contributed by atoms with Crippen LogP contribution in [0.3, 0.4) is 0 Å². The number of hydrogen-bond acceptors (Lipinski definition) is 7. The first-order valence-corrected chi connectivity index (χ1v) is 9.33. The Bertz CT molecular complexity index is 1030. The van der Waals surface area contributed by atoms with E-state index >= 15 is 0 Å². The van der Waals surface area contributed by atoms with Gasteiger partial charge in [0.1, 0.15) is 0 Å². The van der Waals surface area contributed by atoms with Crippen LogP contribution in [-0.4, -0.2) is 37.4 Å². The fourth-order valence-electron chi connectivity index (χ4n) is 2.75. The maximum Gasteiger partial charge on any atom is 0.260 e. The Morgan fingerprint density at radius 2 is 1.63 bits per heavy atom. The number of rotatable bonds is 6. The van der Waals surface area contributed by atoms with Crippen LogP contribution in [0.4, 0.5) is 5.69 Å². The standard InChI is InChI=1S/C22H25N3O5/c1-22(2,3)21(26)23-15-10-8-7-9-14(15)20-24-19(25-30-20)13-11-16(27-4)18(29-6)17(12-13)28-5/h7-12H,1-6H3,(H,23,26). The smallest absolute Gasteiger partial charge is 0.260 e. The zero-order valence-corrected chi connectivity index (χ0v) is 17.9. The molecule has 30 heavy (non-hydrogen) atoms. The van der Waals surface area contributed by atoms with Crippen LogP contribution in [0, 0.1) is 5.41 Å². The van der Waals surface area contributed by atoms with Crippen LogP contribution in [0.25, 0.3) is 22.8 Å². The van der Waals surface area contributed by atoms with E-state index in [1.54, 1.807) is 18.2 Å². The van der Waals surface area contributed by atoms with Crippen molar-refractivity contribution in [2.45, 2.75) is 20.8 Å². The first-order valence-electron chi connectivity index (χ1n) is 9.33. The van der Waals surface area contributed by atoms with Crippen LogP contribution >= 0.6 is 0 Å². The third kappa shape index (κ3) is 4.22. The summed E-state index contributed by atoms with van der Waals surface area (Å²) in [6, 6.07) is 10.8. The van der Waals surface area contributed by atoms with E-state index in [1.807, 2.05) is 39.0 Å². The summed E-state index contributed by atoms with van der Waals surface area (Å²) >= 11 is 0. The number of nitrogens with zero attached hydrogens (tertiary/aromatic N) is 2. The molecular formula is C22H25N3O5. The first-order chi connectivity index (χ1) is 14.3. The second-order valence-corrected chi connectivity index (χ2v) is 7.59. The largest absolute Gasteiger partial charge is 0.493 e. The normalized spacial score (nSPS) is 11.1. The van der Waals surface area contributed by atoms with Gasteiger partial charge in [0.15, 0.2) is 11.5 Å². The Morgan fingerprint density at radius 1 is 1.00 bits per heavy atom. The lowest BCUT2D eigenvalue weighted by atomic mass is 9.95. The Hall–Kier alpha value is -3.55. The van der Waals surface area contributed by atoms with Crippen molar-refractivity contribution in [1.29, 1.82) is 0 Å². The van der Waals surface area contributed by atoms with Gasteiger partial charge in [-0.1, -0.05) is 38.1 Å². The number of nitrogens with one attached hydrogen (secondary N) is 1. The molecule has 0 radical (unpaired) electrons. The molecule has 8 nitrogen and oxygen atoms in total. The SMILES string of the molecule is COc1cc(-c2noc(-c3ccccc3NC(=O)C(C)(C)C)n2)cc(OC)c1OC. The molecule has 1 aromatic heterocycles. The van der Waals surface area contributed by atoms with Crippen LogP contribution in [0.1, 0.15) is 20.8 Å². The van der Waals surface area contributed by atoms with Crippen molar-refractivity contribution < 1.29 is 23.5 Å². The van der Waals surface area contributed by atoms with Gasteiger partial charge in [0.05, 0.1) is 32.6 Å². The number of carbonyl (C=O) groups excluding carboxylic acids is 1. The van der Waals surface area contributed by atoms with Crippen molar-refractivity contribution >= 4 is 11.6 Å². The van der Waals surface area contributed by atoms with Crippen molar-refractivity contribution in [1.82, 2.24) is 10.1 Å². The lowest BCUT2D eigenvalue weighted by molar-refractivity contribution is -0.123. The Balaban J connectivity index is 2.00. The molecule has 0 bridgehead atoms. The summed E-state index contributed by atoms with van der Waals surface area (Å²) in [4.78, 5) is 16.9. The minimum atomic E-state index is -0.538. The van der Waals surface area contributed by atoms with Gasteiger partial charge < -0.3 is 24.1 Å². The molecule has 0 atom stereocenters. The number of anilines is 1. The second kappa shape index (κ2) is 8.44. The van der Waals surface area contributed by atoms with Crippen LogP contribution in [-0.2, 0) is 4.79 Å². The third-order valence-electron chi connectivity index (χ3n) is 4.44. The maximum atomic E-state index is 12.4. The highest BCUT2D eigenvalue weighted by Crippen LogP contribution is 2.41. The first kappa shape index (κ1) is 21.2. The molecule has 0 fully saturated rings. The number of carbonyl (C=O) groups is 1. The fourth-order valence-corrected chi connectivity index (χ4v) is 2.75. The molecule has 3 aromatic rings. The molecular weight excluding hydrogens is 386 g/mol. The molecule has 2 aromatic carbocycles. The van der Waals surface area contributed by atoms with Crippen molar-refractivity contribution in [3.63, 3.8) is 0 Å². The van der Waals surface area contributed by atoms with Crippen molar-refractivity contribution in [3.8, 4) is 40.1 Å². The molecule has 0 aliphatic rings. The minimum Gasteiger partial charge on any atom is -0.493 e. The highest BCUT2D eigenvalue weighted by Gasteiger charge is 2.24. The van der Waals surface area contributed by atoms with Gasteiger partial charge in [0, 0.05) is 11.0 Å². The molecule has 0 saturated carbocycles. The summed E-state index contributed by atoms with van der Waals surface area (Å²) in [7, 11) is 4.61. The lowest BCUT2D eigenvalue weighted by Crippen LogP contribution is -2.27. The molecule has 0 aliphatic carbocycles. The van der Waals surface area contributed by atoms with E-state index in [0.29, 0.717) is 39.9 Å². The fraction of sp³-hybridized carbons (Fsp3) is 0.318. The molecule has 0 saturated heterocycles. The number of methoxy groups -OCH3 is 3. The van der Waals surface area contributed by atoms with Gasteiger partial charge in [-0.15, -0.1) is 0 Å². The number of benzene rings is 2. The van der Waals surface area contributed by atoms with E-state index in [-0.39, 0.29) is 11.8 Å². The quantitative estimate of drug-likeness (QED) is 0.642. The van der Waals surface area contributed by atoms with Crippen LogP contribution in [0.2, 0.25) is 0 Å². The molecule has 8 heteroatoms. The average Bonchev–Trinajstić information content (AvgIpc) is 3.22. The molecule has 0 aliphatic heterocycles. The second-order valence-electron chi connectivity index (χ2n) is 7.59. The van der Waals surface area contributed by atoms with Crippen LogP contribution in [0.5, 0.6) is 17.2 Å². The predicted octanol–water partition coefficient (Wildman–Crippen LogP) is 4.41. The van der Waals surface area contributed by atoms with E-state index in [1.165, 1.54) is 21.3 Å². The van der Waals surface area contributed by atoms with Gasteiger partial charge in [-0.3, -0.25) is 4.79 Å². The summed E-state index contributed by atoms with van der Waals surface area (Å²) in [6.07, 6.45) is 0. The summed E-state index contributed by atoms with van der Waals surface area (Å²) in [5.74, 6) is 1.96. The monoisotopic (exact) mass is 411 g/mol. The van der Waals surface area contributed by atoms with Gasteiger partial charge in [0.25, 0.3) is 5.89 Å². The summed E-state index contributed by atoms with van der Waals surface area (Å²) < 4.78 is 21.6. The maximum absolute atomic E-state index is 12.4. The van der Waals surface area contributed by atoms with Gasteiger partial charge in [0.2, 0.25) is 17.5 Å². The van der Waals surface area contributed by atoms with Gasteiger partial charge >= 0.3 is 0 Å². The molecule has 1 heterocycles. The van der Waals surface area contributed by atoms with E-state index in [4.69, 9.17) is 18.7 Å². The molecule has 1 amide bonds. The Labute approximate surface area is 175 Å². The van der Waals surface area contributed by atoms with E-state index in [0.717, 1.165) is 0 Å². The third-order valence-corrected chi connectivity index (χ3v) is 4.44. The van der Waals surface area contributed by atoms with Crippen molar-refractivity contribution in [3.05, 3.63) is 36.4 Å². The van der Waals surface area contributed by atoms with Gasteiger partial charge in [-0.2, -0.15) is 4.98 Å². The molecule has 1 N–H and O–H groups in total. The zero-order chi connectivity index (χ0) is 21.9. The number of ether oxygens (including phenoxy) is 3. The van der Waals surface area contributed by atoms with Crippen LogP contribution < -0.4 is 19.5 Å². The van der Waals surface area contributed by atoms with E-state index in [9.17, 15) is 4.79 Å². The minimum absolute atomic E-state index is 0.112. The predicted molar refractivity (Wildman–Crippen MR) is 113 cm³/mol. The number of para-hydroxylation sites is 1.